The molecular formula is C16H22N2OS. The second-order valence-corrected chi connectivity index (χ2v) is 6.82. The Kier molecular flexibility index (Phi) is 4.91. The lowest BCUT2D eigenvalue weighted by molar-refractivity contribution is 0.0422. The van der Waals surface area contributed by atoms with Crippen LogP contribution >= 0.6 is 11.3 Å². The van der Waals surface area contributed by atoms with Gasteiger partial charge in [0.25, 0.3) is 0 Å². The Morgan fingerprint density at radius 2 is 1.95 bits per heavy atom. The molecule has 1 aromatic carbocycles. The van der Waals surface area contributed by atoms with Gasteiger partial charge in [0.05, 0.1) is 16.3 Å². The van der Waals surface area contributed by atoms with Crippen molar-refractivity contribution in [1.82, 2.24) is 9.88 Å². The highest BCUT2D eigenvalue weighted by molar-refractivity contribution is 7.09. The SMILES string of the molecule is CN(Cc1csc(Cc2ccccc2)n1)CC(C)(C)O. The summed E-state index contributed by atoms with van der Waals surface area (Å²) in [5.74, 6) is 0. The van der Waals surface area contributed by atoms with Crippen molar-refractivity contribution in [3.8, 4) is 0 Å². The number of rotatable bonds is 6. The summed E-state index contributed by atoms with van der Waals surface area (Å²) in [7, 11) is 2.01. The van der Waals surface area contributed by atoms with Crippen LogP contribution in [0.25, 0.3) is 0 Å². The van der Waals surface area contributed by atoms with Gasteiger partial charge < -0.3 is 5.11 Å². The molecule has 3 nitrogen and oxygen atoms in total. The van der Waals surface area contributed by atoms with E-state index in [0.29, 0.717) is 6.54 Å². The van der Waals surface area contributed by atoms with E-state index in [-0.39, 0.29) is 0 Å². The van der Waals surface area contributed by atoms with Crippen molar-refractivity contribution in [3.05, 3.63) is 52.0 Å². The summed E-state index contributed by atoms with van der Waals surface area (Å²) < 4.78 is 0. The fourth-order valence-electron chi connectivity index (χ4n) is 2.27. The lowest BCUT2D eigenvalue weighted by Gasteiger charge is -2.24. The zero-order valence-electron chi connectivity index (χ0n) is 12.3. The number of nitrogens with zero attached hydrogens (tertiary/aromatic N) is 2. The zero-order chi connectivity index (χ0) is 14.6. The Bertz CT molecular complexity index is 531. The summed E-state index contributed by atoms with van der Waals surface area (Å²) in [6.45, 7) is 5.06. The van der Waals surface area contributed by atoms with Gasteiger partial charge in [0.2, 0.25) is 0 Å². The molecule has 20 heavy (non-hydrogen) atoms. The van der Waals surface area contributed by atoms with Crippen molar-refractivity contribution in [1.29, 1.82) is 0 Å². The van der Waals surface area contributed by atoms with Crippen molar-refractivity contribution < 1.29 is 5.11 Å². The van der Waals surface area contributed by atoms with E-state index < -0.39 is 5.60 Å². The minimum Gasteiger partial charge on any atom is -0.389 e. The molecule has 0 amide bonds. The number of hydrogen-bond donors (Lipinski definition) is 1. The minimum atomic E-state index is -0.669. The number of thiazole rings is 1. The van der Waals surface area contributed by atoms with Crippen molar-refractivity contribution >= 4 is 11.3 Å². The molecule has 0 aliphatic carbocycles. The topological polar surface area (TPSA) is 36.4 Å². The smallest absolute Gasteiger partial charge is 0.0972 e. The highest BCUT2D eigenvalue weighted by Crippen LogP contribution is 2.16. The van der Waals surface area contributed by atoms with Crippen LogP contribution in [0, 0.1) is 0 Å². The number of aliphatic hydroxyl groups is 1. The number of aromatic nitrogens is 1. The normalized spacial score (nSPS) is 12.1. The molecule has 1 N–H and O–H groups in total. The van der Waals surface area contributed by atoms with E-state index in [1.54, 1.807) is 11.3 Å². The van der Waals surface area contributed by atoms with Crippen LogP contribution in [-0.2, 0) is 13.0 Å². The summed E-state index contributed by atoms with van der Waals surface area (Å²) in [5, 5.41) is 13.1. The van der Waals surface area contributed by atoms with Gasteiger partial charge in [0.1, 0.15) is 0 Å². The fourth-order valence-corrected chi connectivity index (χ4v) is 3.09. The molecule has 108 valence electrons. The first-order valence-electron chi connectivity index (χ1n) is 6.80. The van der Waals surface area contributed by atoms with Gasteiger partial charge in [0, 0.05) is 24.9 Å². The summed E-state index contributed by atoms with van der Waals surface area (Å²) in [5.41, 5.74) is 1.70. The molecule has 0 radical (unpaired) electrons. The Labute approximate surface area is 124 Å². The first-order valence-corrected chi connectivity index (χ1v) is 7.68. The molecule has 0 fully saturated rings. The summed E-state index contributed by atoms with van der Waals surface area (Å²) in [6.07, 6.45) is 0.890. The van der Waals surface area contributed by atoms with Gasteiger partial charge in [-0.1, -0.05) is 30.3 Å². The van der Waals surface area contributed by atoms with E-state index in [0.717, 1.165) is 23.7 Å². The average Bonchev–Trinajstić information content (AvgIpc) is 2.75. The van der Waals surface area contributed by atoms with Crippen molar-refractivity contribution in [2.24, 2.45) is 0 Å². The van der Waals surface area contributed by atoms with E-state index in [1.807, 2.05) is 27.0 Å². The first-order chi connectivity index (χ1) is 9.42. The molecule has 0 aliphatic rings. The van der Waals surface area contributed by atoms with Crippen LogP contribution in [0.2, 0.25) is 0 Å². The maximum absolute atomic E-state index is 9.81. The maximum atomic E-state index is 9.81. The predicted octanol–water partition coefficient (Wildman–Crippen LogP) is 2.94. The van der Waals surface area contributed by atoms with Crippen LogP contribution in [0.3, 0.4) is 0 Å². The zero-order valence-corrected chi connectivity index (χ0v) is 13.2. The summed E-state index contributed by atoms with van der Waals surface area (Å²) in [6, 6.07) is 10.4. The Morgan fingerprint density at radius 3 is 2.60 bits per heavy atom. The third-order valence-corrected chi connectivity index (χ3v) is 3.78. The van der Waals surface area contributed by atoms with Crippen LogP contribution in [0.15, 0.2) is 35.7 Å². The molecule has 0 unspecified atom stereocenters. The van der Waals surface area contributed by atoms with Gasteiger partial charge in [-0.25, -0.2) is 4.98 Å². The Balaban J connectivity index is 1.92. The van der Waals surface area contributed by atoms with Crippen LogP contribution in [0.1, 0.15) is 30.1 Å². The third kappa shape index (κ3) is 5.04. The van der Waals surface area contributed by atoms with E-state index >= 15 is 0 Å². The second kappa shape index (κ2) is 6.48. The second-order valence-electron chi connectivity index (χ2n) is 5.88. The lowest BCUT2D eigenvalue weighted by atomic mass is 10.1. The van der Waals surface area contributed by atoms with Crippen molar-refractivity contribution in [2.45, 2.75) is 32.4 Å². The van der Waals surface area contributed by atoms with Gasteiger partial charge >= 0.3 is 0 Å². The first kappa shape index (κ1) is 15.2. The molecule has 1 heterocycles. The fraction of sp³-hybridized carbons (Fsp3) is 0.438. The summed E-state index contributed by atoms with van der Waals surface area (Å²) >= 11 is 1.70. The standard InChI is InChI=1S/C16H22N2OS/c1-16(2,19)12-18(3)10-14-11-20-15(17-14)9-13-7-5-4-6-8-13/h4-8,11,19H,9-10,12H2,1-3H3. The molecule has 2 aromatic rings. The Hall–Kier alpha value is -1.23. The molecule has 0 bridgehead atoms. The van der Waals surface area contributed by atoms with E-state index in [1.165, 1.54) is 5.56 Å². The Morgan fingerprint density at radius 1 is 1.25 bits per heavy atom. The van der Waals surface area contributed by atoms with E-state index in [9.17, 15) is 5.11 Å². The molecular weight excluding hydrogens is 268 g/mol. The van der Waals surface area contributed by atoms with Gasteiger partial charge in [-0.3, -0.25) is 4.90 Å². The molecule has 0 saturated carbocycles. The average molecular weight is 290 g/mol. The van der Waals surface area contributed by atoms with Crippen LogP contribution in [-0.4, -0.2) is 34.2 Å². The van der Waals surface area contributed by atoms with Gasteiger partial charge in [-0.05, 0) is 26.5 Å². The molecule has 0 atom stereocenters. The number of likely N-dealkylation sites (N-methyl/N-ethyl adjacent to an activating group) is 1. The molecule has 0 aliphatic heterocycles. The molecule has 2 rings (SSSR count). The van der Waals surface area contributed by atoms with E-state index in [4.69, 9.17) is 0 Å². The molecule has 0 spiro atoms. The quantitative estimate of drug-likeness (QED) is 0.888. The number of benzene rings is 1. The highest BCUT2D eigenvalue weighted by atomic mass is 32.1. The number of hydrogen-bond acceptors (Lipinski definition) is 4. The monoisotopic (exact) mass is 290 g/mol. The van der Waals surface area contributed by atoms with Gasteiger partial charge in [-0.15, -0.1) is 11.3 Å². The lowest BCUT2D eigenvalue weighted by Crippen LogP contribution is -2.35. The van der Waals surface area contributed by atoms with Gasteiger partial charge in [0.15, 0.2) is 0 Å². The van der Waals surface area contributed by atoms with Crippen molar-refractivity contribution in [3.63, 3.8) is 0 Å². The van der Waals surface area contributed by atoms with Crippen LogP contribution < -0.4 is 0 Å². The van der Waals surface area contributed by atoms with Crippen LogP contribution in [0.4, 0.5) is 0 Å². The predicted molar refractivity (Wildman–Crippen MR) is 84.0 cm³/mol. The van der Waals surface area contributed by atoms with Crippen LogP contribution in [0.5, 0.6) is 0 Å². The minimum absolute atomic E-state index is 0.637. The largest absolute Gasteiger partial charge is 0.389 e. The van der Waals surface area contributed by atoms with Gasteiger partial charge in [-0.2, -0.15) is 0 Å². The maximum Gasteiger partial charge on any atom is 0.0972 e. The molecule has 4 heteroatoms. The highest BCUT2D eigenvalue weighted by Gasteiger charge is 2.16. The summed E-state index contributed by atoms with van der Waals surface area (Å²) in [4.78, 5) is 6.77. The third-order valence-electron chi connectivity index (χ3n) is 2.89. The van der Waals surface area contributed by atoms with Crippen molar-refractivity contribution in [2.75, 3.05) is 13.6 Å². The molecule has 0 saturated heterocycles. The van der Waals surface area contributed by atoms with E-state index in [2.05, 4.69) is 39.5 Å². The molecule has 1 aromatic heterocycles.